The summed E-state index contributed by atoms with van der Waals surface area (Å²) in [6.07, 6.45) is 4.46. The smallest absolute Gasteiger partial charge is 0.237 e. The van der Waals surface area contributed by atoms with Crippen LogP contribution in [0.25, 0.3) is 10.9 Å². The van der Waals surface area contributed by atoms with Gasteiger partial charge in [0, 0.05) is 31.2 Å². The first kappa shape index (κ1) is 16.8. The van der Waals surface area contributed by atoms with Crippen LogP contribution in [0, 0.1) is 11.3 Å². The molecule has 1 aromatic carbocycles. The number of pyridine rings is 1. The SMILES string of the molecule is N#C[C@@H]1CCCN1C(=O)CN1CC[C@H](Oc2cccc3ncccc23)C1. The lowest BCUT2D eigenvalue weighted by Gasteiger charge is -2.23. The van der Waals surface area contributed by atoms with Gasteiger partial charge < -0.3 is 9.64 Å². The molecule has 2 saturated heterocycles. The Bertz CT molecular complexity index is 842. The van der Waals surface area contributed by atoms with Crippen molar-refractivity contribution in [3.05, 3.63) is 36.5 Å². The second-order valence-corrected chi connectivity index (χ2v) is 6.96. The molecule has 0 saturated carbocycles. The van der Waals surface area contributed by atoms with Crippen LogP contribution >= 0.6 is 0 Å². The van der Waals surface area contributed by atoms with Crippen LogP contribution in [0.5, 0.6) is 5.75 Å². The van der Waals surface area contributed by atoms with Crippen LogP contribution in [0.4, 0.5) is 0 Å². The number of fused-ring (bicyclic) bond motifs is 1. The quantitative estimate of drug-likeness (QED) is 0.845. The first-order valence-electron chi connectivity index (χ1n) is 9.16. The second kappa shape index (κ2) is 7.30. The van der Waals surface area contributed by atoms with E-state index in [4.69, 9.17) is 10.00 Å². The third-order valence-electron chi connectivity index (χ3n) is 5.21. The molecular weight excluding hydrogens is 328 g/mol. The molecule has 6 nitrogen and oxygen atoms in total. The average Bonchev–Trinajstić information content (AvgIpc) is 3.31. The standard InChI is InChI=1S/C20H22N4O2/c21-12-15-4-3-10-24(15)20(25)14-23-11-8-16(13-23)26-19-7-1-6-18-17(19)5-2-9-22-18/h1-2,5-7,9,15-16H,3-4,8,10-11,13-14H2/t15-,16-/m0/s1. The number of benzene rings is 1. The molecule has 0 unspecified atom stereocenters. The largest absolute Gasteiger partial charge is 0.488 e. The number of carbonyl (C=O) groups excluding carboxylic acids is 1. The highest BCUT2D eigenvalue weighted by molar-refractivity contribution is 5.84. The molecule has 0 bridgehead atoms. The maximum Gasteiger partial charge on any atom is 0.237 e. The molecule has 0 radical (unpaired) electrons. The number of nitrogens with zero attached hydrogens (tertiary/aromatic N) is 4. The molecule has 134 valence electrons. The molecular formula is C20H22N4O2. The Hall–Kier alpha value is -2.65. The second-order valence-electron chi connectivity index (χ2n) is 6.96. The molecule has 1 amide bonds. The van der Waals surface area contributed by atoms with Crippen LogP contribution in [0.2, 0.25) is 0 Å². The molecule has 0 N–H and O–H groups in total. The van der Waals surface area contributed by atoms with Gasteiger partial charge in [-0.3, -0.25) is 14.7 Å². The van der Waals surface area contributed by atoms with Crippen molar-refractivity contribution in [2.75, 3.05) is 26.2 Å². The maximum absolute atomic E-state index is 12.5. The zero-order valence-corrected chi connectivity index (χ0v) is 14.7. The number of ether oxygens (including phenoxy) is 1. The molecule has 3 heterocycles. The molecule has 2 fully saturated rings. The van der Waals surface area contributed by atoms with Crippen molar-refractivity contribution in [2.45, 2.75) is 31.4 Å². The topological polar surface area (TPSA) is 69.5 Å². The van der Waals surface area contributed by atoms with Crippen molar-refractivity contribution in [3.63, 3.8) is 0 Å². The highest BCUT2D eigenvalue weighted by atomic mass is 16.5. The van der Waals surface area contributed by atoms with Gasteiger partial charge in [0.05, 0.1) is 18.1 Å². The number of hydrogen-bond donors (Lipinski definition) is 0. The molecule has 26 heavy (non-hydrogen) atoms. The van der Waals surface area contributed by atoms with Crippen LogP contribution in [-0.4, -0.2) is 59.0 Å². The molecule has 0 aliphatic carbocycles. The highest BCUT2D eigenvalue weighted by Crippen LogP contribution is 2.27. The van der Waals surface area contributed by atoms with Crippen LogP contribution in [0.15, 0.2) is 36.5 Å². The molecule has 2 atom stereocenters. The van der Waals surface area contributed by atoms with Crippen molar-refractivity contribution < 1.29 is 9.53 Å². The lowest BCUT2D eigenvalue weighted by Crippen LogP contribution is -2.42. The molecule has 4 rings (SSSR count). The summed E-state index contributed by atoms with van der Waals surface area (Å²) in [5.74, 6) is 0.905. The first-order chi connectivity index (χ1) is 12.7. The van der Waals surface area contributed by atoms with E-state index in [2.05, 4.69) is 16.0 Å². The summed E-state index contributed by atoms with van der Waals surface area (Å²) in [4.78, 5) is 20.7. The minimum atomic E-state index is -0.250. The third-order valence-corrected chi connectivity index (χ3v) is 5.21. The predicted octanol–water partition coefficient (Wildman–Crippen LogP) is 2.20. The summed E-state index contributed by atoms with van der Waals surface area (Å²) in [7, 11) is 0. The predicted molar refractivity (Wildman–Crippen MR) is 97.6 cm³/mol. The third kappa shape index (κ3) is 3.35. The van der Waals surface area contributed by atoms with Gasteiger partial charge in [-0.2, -0.15) is 5.26 Å². The Balaban J connectivity index is 1.37. The van der Waals surface area contributed by atoms with Gasteiger partial charge in [-0.15, -0.1) is 0 Å². The van der Waals surface area contributed by atoms with Gasteiger partial charge in [-0.1, -0.05) is 6.07 Å². The Labute approximate surface area is 153 Å². The van der Waals surface area contributed by atoms with Crippen LogP contribution < -0.4 is 4.74 Å². The lowest BCUT2D eigenvalue weighted by atomic mass is 10.2. The summed E-state index contributed by atoms with van der Waals surface area (Å²) in [6, 6.07) is 11.8. The van der Waals surface area contributed by atoms with Gasteiger partial charge in [0.25, 0.3) is 0 Å². The number of aromatic nitrogens is 1. The van der Waals surface area contributed by atoms with Gasteiger partial charge in [0.15, 0.2) is 0 Å². The Morgan fingerprint density at radius 1 is 1.27 bits per heavy atom. The zero-order chi connectivity index (χ0) is 17.9. The maximum atomic E-state index is 12.5. The number of likely N-dealkylation sites (tertiary alicyclic amines) is 2. The van der Waals surface area contributed by atoms with Crippen molar-refractivity contribution >= 4 is 16.8 Å². The number of hydrogen-bond acceptors (Lipinski definition) is 5. The molecule has 1 aromatic heterocycles. The van der Waals surface area contributed by atoms with Crippen LogP contribution in [0.3, 0.4) is 0 Å². The molecule has 0 spiro atoms. The highest BCUT2D eigenvalue weighted by Gasteiger charge is 2.32. The summed E-state index contributed by atoms with van der Waals surface area (Å²) in [6.45, 7) is 2.64. The van der Waals surface area contributed by atoms with E-state index in [0.717, 1.165) is 49.0 Å². The Kier molecular flexibility index (Phi) is 4.72. The van der Waals surface area contributed by atoms with Crippen LogP contribution in [0.1, 0.15) is 19.3 Å². The van der Waals surface area contributed by atoms with Crippen LogP contribution in [-0.2, 0) is 4.79 Å². The van der Waals surface area contributed by atoms with E-state index in [1.165, 1.54) is 0 Å². The fourth-order valence-electron chi connectivity index (χ4n) is 3.88. The number of nitriles is 1. The van der Waals surface area contributed by atoms with E-state index in [-0.39, 0.29) is 18.1 Å². The average molecular weight is 350 g/mol. The summed E-state index contributed by atoms with van der Waals surface area (Å²) < 4.78 is 6.21. The van der Waals surface area contributed by atoms with E-state index >= 15 is 0 Å². The van der Waals surface area contributed by atoms with Gasteiger partial charge in [-0.05, 0) is 43.5 Å². The number of amides is 1. The summed E-state index contributed by atoms with van der Waals surface area (Å²) in [5.41, 5.74) is 0.923. The Morgan fingerprint density at radius 3 is 3.08 bits per heavy atom. The van der Waals surface area contributed by atoms with Gasteiger partial charge in [-0.25, -0.2) is 0 Å². The van der Waals surface area contributed by atoms with E-state index in [1.807, 2.05) is 30.3 Å². The fraction of sp³-hybridized carbons (Fsp3) is 0.450. The normalized spacial score (nSPS) is 23.3. The van der Waals surface area contributed by atoms with Gasteiger partial charge >= 0.3 is 0 Å². The minimum absolute atomic E-state index is 0.0593. The van der Waals surface area contributed by atoms with Crippen molar-refractivity contribution in [1.29, 1.82) is 5.26 Å². The summed E-state index contributed by atoms with van der Waals surface area (Å²) in [5, 5.41) is 10.2. The number of rotatable bonds is 4. The minimum Gasteiger partial charge on any atom is -0.488 e. The van der Waals surface area contributed by atoms with Gasteiger partial charge in [0.1, 0.15) is 17.9 Å². The van der Waals surface area contributed by atoms with Crippen molar-refractivity contribution in [2.24, 2.45) is 0 Å². The fourth-order valence-corrected chi connectivity index (χ4v) is 3.88. The van der Waals surface area contributed by atoms with E-state index in [0.29, 0.717) is 13.1 Å². The molecule has 2 aromatic rings. The summed E-state index contributed by atoms with van der Waals surface area (Å²) >= 11 is 0. The molecule has 2 aliphatic heterocycles. The Morgan fingerprint density at radius 2 is 2.19 bits per heavy atom. The first-order valence-corrected chi connectivity index (χ1v) is 9.16. The van der Waals surface area contributed by atoms with Gasteiger partial charge in [0.2, 0.25) is 5.91 Å². The van der Waals surface area contributed by atoms with Crippen molar-refractivity contribution in [3.8, 4) is 11.8 Å². The lowest BCUT2D eigenvalue weighted by molar-refractivity contribution is -0.132. The van der Waals surface area contributed by atoms with E-state index < -0.39 is 0 Å². The molecule has 6 heteroatoms. The zero-order valence-electron chi connectivity index (χ0n) is 14.7. The van der Waals surface area contributed by atoms with E-state index in [9.17, 15) is 4.79 Å². The number of carbonyl (C=O) groups is 1. The van der Waals surface area contributed by atoms with Crippen molar-refractivity contribution in [1.82, 2.24) is 14.8 Å². The van der Waals surface area contributed by atoms with E-state index in [1.54, 1.807) is 11.1 Å². The monoisotopic (exact) mass is 350 g/mol. The molecule has 2 aliphatic rings.